The van der Waals surface area contributed by atoms with Crippen LogP contribution in [0.5, 0.6) is 0 Å². The second-order valence-corrected chi connectivity index (χ2v) is 9.41. The molecule has 218 valence electrons. The van der Waals surface area contributed by atoms with Crippen molar-refractivity contribution in [1.82, 2.24) is 0 Å². The summed E-state index contributed by atoms with van der Waals surface area (Å²) in [5.41, 5.74) is 5.88. The van der Waals surface area contributed by atoms with Crippen LogP contribution in [0.25, 0.3) is 0 Å². The van der Waals surface area contributed by atoms with E-state index in [9.17, 15) is 0 Å². The summed E-state index contributed by atoms with van der Waals surface area (Å²) < 4.78 is 0. The Morgan fingerprint density at radius 2 is 1.46 bits per heavy atom. The third-order valence-electron chi connectivity index (χ3n) is 6.04. The molecule has 0 unspecified atom stereocenters. The molecule has 0 aromatic carbocycles. The zero-order valence-corrected chi connectivity index (χ0v) is 27.8. The van der Waals surface area contributed by atoms with Gasteiger partial charge in [-0.05, 0) is 58.8 Å². The van der Waals surface area contributed by atoms with Crippen LogP contribution in [0.3, 0.4) is 0 Å². The summed E-state index contributed by atoms with van der Waals surface area (Å²) in [4.78, 5) is 0. The van der Waals surface area contributed by atoms with E-state index in [0.717, 1.165) is 12.3 Å². The molecule has 0 N–H and O–H groups in total. The number of hydrogen-bond acceptors (Lipinski definition) is 0. The molecular formula is C37H70. The first-order valence-electron chi connectivity index (χ1n) is 15.9. The highest BCUT2D eigenvalue weighted by Crippen LogP contribution is 2.28. The lowest BCUT2D eigenvalue weighted by atomic mass is 9.96. The van der Waals surface area contributed by atoms with E-state index >= 15 is 0 Å². The van der Waals surface area contributed by atoms with Crippen LogP contribution in [0.4, 0.5) is 0 Å². The Morgan fingerprint density at radius 1 is 0.865 bits per heavy atom. The normalized spacial score (nSPS) is 12.7. The highest BCUT2D eigenvalue weighted by Gasteiger charge is 2.08. The maximum absolute atomic E-state index is 3.67. The topological polar surface area (TPSA) is 0 Å². The first kappa shape index (κ1) is 42.5. The molecule has 0 atom stereocenters. The van der Waals surface area contributed by atoms with Crippen LogP contribution in [0, 0.1) is 5.92 Å². The van der Waals surface area contributed by atoms with Crippen molar-refractivity contribution in [3.8, 4) is 0 Å². The lowest BCUT2D eigenvalue weighted by Crippen LogP contribution is -1.96. The summed E-state index contributed by atoms with van der Waals surface area (Å²) in [7, 11) is 0. The van der Waals surface area contributed by atoms with E-state index in [2.05, 4.69) is 98.4 Å². The quantitative estimate of drug-likeness (QED) is 0.123. The van der Waals surface area contributed by atoms with E-state index in [1.807, 2.05) is 33.8 Å². The molecule has 0 aromatic heterocycles. The summed E-state index contributed by atoms with van der Waals surface area (Å²) in [6.45, 7) is 29.4. The standard InChI is InChI=1S/C13H20.C11H18.C9H20.2C2H6/c1-4-5-6-7-8-13-10-11(2)9-12(13)3;1-4-6-7-8-9-10-11(3)5-2;1-4-7-9(6-3)8-5-2;2*1-2/h5-6,9H,4,7-8,10H2,1-3H3;5,8-10H,2,4,6-7H2,1,3H3;9H,4-8H2,1-3H3;2*1-2H3/b6-5-;9-8-,11-10-;;;. The van der Waals surface area contributed by atoms with Gasteiger partial charge in [-0.3, -0.25) is 0 Å². The summed E-state index contributed by atoms with van der Waals surface area (Å²) in [5.74, 6) is 1.01. The van der Waals surface area contributed by atoms with Gasteiger partial charge in [0.1, 0.15) is 0 Å². The average molecular weight is 515 g/mol. The molecule has 0 fully saturated rings. The highest BCUT2D eigenvalue weighted by atomic mass is 14.1. The zero-order chi connectivity index (χ0) is 29.3. The van der Waals surface area contributed by atoms with Crippen molar-refractivity contribution in [2.45, 2.75) is 160 Å². The third-order valence-corrected chi connectivity index (χ3v) is 6.04. The number of unbranched alkanes of at least 4 members (excludes halogenated alkanes) is 2. The van der Waals surface area contributed by atoms with E-state index in [0.29, 0.717) is 0 Å². The summed E-state index contributed by atoms with van der Waals surface area (Å²) in [5, 5.41) is 0. The van der Waals surface area contributed by atoms with Crippen LogP contribution in [0.2, 0.25) is 0 Å². The van der Waals surface area contributed by atoms with Gasteiger partial charge in [0, 0.05) is 0 Å². The fraction of sp³-hybridized carbons (Fsp3) is 0.676. The molecule has 1 rings (SSSR count). The van der Waals surface area contributed by atoms with Crippen molar-refractivity contribution >= 4 is 0 Å². The van der Waals surface area contributed by atoms with Crippen molar-refractivity contribution in [2.24, 2.45) is 5.92 Å². The lowest BCUT2D eigenvalue weighted by molar-refractivity contribution is 0.427. The van der Waals surface area contributed by atoms with Gasteiger partial charge >= 0.3 is 0 Å². The van der Waals surface area contributed by atoms with E-state index in [-0.39, 0.29) is 0 Å². The number of allylic oxidation sites excluding steroid dienone is 11. The second-order valence-electron chi connectivity index (χ2n) is 9.41. The van der Waals surface area contributed by atoms with Crippen LogP contribution in [-0.4, -0.2) is 0 Å². The van der Waals surface area contributed by atoms with Gasteiger partial charge in [-0.25, -0.2) is 0 Å². The van der Waals surface area contributed by atoms with Crippen LogP contribution in [0.15, 0.2) is 71.4 Å². The zero-order valence-electron chi connectivity index (χ0n) is 27.8. The van der Waals surface area contributed by atoms with Gasteiger partial charge in [-0.2, -0.15) is 0 Å². The fourth-order valence-corrected chi connectivity index (χ4v) is 3.90. The Hall–Kier alpha value is -1.56. The Labute approximate surface area is 237 Å². The number of rotatable bonds is 14. The van der Waals surface area contributed by atoms with E-state index in [1.54, 1.807) is 5.57 Å². The molecule has 0 heterocycles. The predicted molar refractivity (Wildman–Crippen MR) is 179 cm³/mol. The fourth-order valence-electron chi connectivity index (χ4n) is 3.90. The molecule has 1 aliphatic carbocycles. The van der Waals surface area contributed by atoms with Crippen LogP contribution < -0.4 is 0 Å². The molecule has 0 bridgehead atoms. The van der Waals surface area contributed by atoms with E-state index in [1.165, 1.54) is 87.3 Å². The summed E-state index contributed by atoms with van der Waals surface area (Å²) in [6.07, 6.45) is 30.7. The Bertz CT molecular complexity index is 600. The Kier molecular flexibility index (Phi) is 42.1. The minimum atomic E-state index is 1.01. The summed E-state index contributed by atoms with van der Waals surface area (Å²) >= 11 is 0. The average Bonchev–Trinajstić information content (AvgIpc) is 3.25. The van der Waals surface area contributed by atoms with Crippen molar-refractivity contribution in [2.75, 3.05) is 0 Å². The molecular weight excluding hydrogens is 444 g/mol. The Morgan fingerprint density at radius 3 is 1.86 bits per heavy atom. The van der Waals surface area contributed by atoms with Gasteiger partial charge in [-0.1, -0.05) is 179 Å². The monoisotopic (exact) mass is 515 g/mol. The molecule has 1 aliphatic rings. The highest BCUT2D eigenvalue weighted by molar-refractivity contribution is 5.36. The third kappa shape index (κ3) is 32.4. The lowest BCUT2D eigenvalue weighted by Gasteiger charge is -2.10. The molecule has 37 heavy (non-hydrogen) atoms. The van der Waals surface area contributed by atoms with Gasteiger partial charge in [0.05, 0.1) is 0 Å². The van der Waals surface area contributed by atoms with E-state index in [4.69, 9.17) is 0 Å². The van der Waals surface area contributed by atoms with Gasteiger partial charge in [0.25, 0.3) is 0 Å². The summed E-state index contributed by atoms with van der Waals surface area (Å²) in [6, 6.07) is 0. The first-order chi connectivity index (χ1) is 17.9. The molecule has 0 amide bonds. The van der Waals surface area contributed by atoms with Gasteiger partial charge in [0.2, 0.25) is 0 Å². The van der Waals surface area contributed by atoms with Crippen LogP contribution in [-0.2, 0) is 0 Å². The van der Waals surface area contributed by atoms with Crippen molar-refractivity contribution in [1.29, 1.82) is 0 Å². The van der Waals surface area contributed by atoms with Gasteiger partial charge < -0.3 is 0 Å². The van der Waals surface area contributed by atoms with Crippen molar-refractivity contribution in [3.63, 3.8) is 0 Å². The Balaban J connectivity index is -0.000000209. The number of hydrogen-bond donors (Lipinski definition) is 0. The minimum absolute atomic E-state index is 1.01. The van der Waals surface area contributed by atoms with Crippen molar-refractivity contribution in [3.05, 3.63) is 71.4 Å². The van der Waals surface area contributed by atoms with Crippen molar-refractivity contribution < 1.29 is 0 Å². The smallest absolute Gasteiger partial charge is 0.0102 e. The van der Waals surface area contributed by atoms with Crippen LogP contribution >= 0.6 is 0 Å². The predicted octanol–water partition coefficient (Wildman–Crippen LogP) is 13.9. The molecule has 0 aromatic rings. The van der Waals surface area contributed by atoms with Gasteiger partial charge in [0.15, 0.2) is 0 Å². The molecule has 0 aliphatic heterocycles. The molecule has 0 saturated heterocycles. The van der Waals surface area contributed by atoms with E-state index < -0.39 is 0 Å². The SMILES string of the molecule is C=C/C(C)=C\C=C/CCCC.CC.CC.CC/C=C\CCC1=C(C)C=C(C)C1.CCCC(CC)CCC. The minimum Gasteiger partial charge on any atom is -0.0988 e. The maximum Gasteiger partial charge on any atom is -0.0102 e. The van der Waals surface area contributed by atoms with Crippen LogP contribution in [0.1, 0.15) is 160 Å². The second kappa shape index (κ2) is 36.6. The molecule has 0 radical (unpaired) electrons. The maximum atomic E-state index is 3.67. The first-order valence-corrected chi connectivity index (χ1v) is 15.9. The van der Waals surface area contributed by atoms with Gasteiger partial charge in [-0.15, -0.1) is 0 Å². The largest absolute Gasteiger partial charge is 0.0988 e. The molecule has 0 spiro atoms. The molecule has 0 heteroatoms. The molecule has 0 nitrogen and oxygen atoms in total. The molecule has 0 saturated carbocycles.